The topological polar surface area (TPSA) is 90.2 Å². The largest absolute Gasteiger partial charge is 0.380 e. The van der Waals surface area contributed by atoms with Crippen molar-refractivity contribution in [3.05, 3.63) is 57.9 Å². The van der Waals surface area contributed by atoms with Crippen molar-refractivity contribution in [1.29, 1.82) is 0 Å². The van der Waals surface area contributed by atoms with Crippen molar-refractivity contribution in [2.24, 2.45) is 4.99 Å². The number of amides is 1. The molecule has 1 fully saturated rings. The van der Waals surface area contributed by atoms with Crippen molar-refractivity contribution in [1.82, 2.24) is 8.87 Å². The van der Waals surface area contributed by atoms with E-state index < -0.39 is 15.9 Å². The zero-order valence-corrected chi connectivity index (χ0v) is 22.8. The fourth-order valence-electron chi connectivity index (χ4n) is 4.34. The summed E-state index contributed by atoms with van der Waals surface area (Å²) in [5.74, 6) is -0.418. The third kappa shape index (κ3) is 5.63. The van der Waals surface area contributed by atoms with Crippen molar-refractivity contribution in [2.75, 3.05) is 33.4 Å². The SMILES string of the molecule is CCOCCn1c(=NC(=O)c2ccc(S(=O)(=O)N(C)CC3CCCO3)cc2)sc2c(C)ccc(C)c21. The number of thiazole rings is 1. The van der Waals surface area contributed by atoms with Gasteiger partial charge in [0.05, 0.1) is 27.8 Å². The molecule has 2 heterocycles. The summed E-state index contributed by atoms with van der Waals surface area (Å²) in [5, 5.41) is 0. The van der Waals surface area contributed by atoms with Gasteiger partial charge in [0, 0.05) is 38.9 Å². The van der Waals surface area contributed by atoms with E-state index in [-0.39, 0.29) is 11.0 Å². The van der Waals surface area contributed by atoms with Crippen molar-refractivity contribution in [2.45, 2.75) is 51.2 Å². The summed E-state index contributed by atoms with van der Waals surface area (Å²) >= 11 is 1.48. The maximum Gasteiger partial charge on any atom is 0.279 e. The first kappa shape index (κ1) is 26.7. The van der Waals surface area contributed by atoms with Gasteiger partial charge in [0.2, 0.25) is 10.0 Å². The normalized spacial score (nSPS) is 16.9. The third-order valence-electron chi connectivity index (χ3n) is 6.38. The average Bonchev–Trinajstić information content (AvgIpc) is 3.50. The lowest BCUT2D eigenvalue weighted by Crippen LogP contribution is -2.34. The fraction of sp³-hybridized carbons (Fsp3) is 0.462. The second-order valence-corrected chi connectivity index (χ2v) is 12.0. The number of sulfonamides is 1. The zero-order valence-electron chi connectivity index (χ0n) is 21.2. The molecule has 1 amide bonds. The first-order valence-electron chi connectivity index (χ1n) is 12.2. The van der Waals surface area contributed by atoms with Crippen LogP contribution in [0, 0.1) is 13.8 Å². The molecule has 0 spiro atoms. The summed E-state index contributed by atoms with van der Waals surface area (Å²) in [6.07, 6.45) is 1.73. The lowest BCUT2D eigenvalue weighted by Gasteiger charge is -2.20. The molecule has 1 atom stereocenters. The van der Waals surface area contributed by atoms with E-state index in [2.05, 4.69) is 17.1 Å². The Bertz CT molecular complexity index is 1400. The maximum atomic E-state index is 13.1. The fourth-order valence-corrected chi connectivity index (χ4v) is 6.74. The van der Waals surface area contributed by atoms with Gasteiger partial charge >= 0.3 is 0 Å². The average molecular weight is 532 g/mol. The molecule has 10 heteroatoms. The van der Waals surface area contributed by atoms with E-state index in [1.54, 1.807) is 7.05 Å². The first-order valence-corrected chi connectivity index (χ1v) is 14.4. The zero-order chi connectivity index (χ0) is 25.9. The summed E-state index contributed by atoms with van der Waals surface area (Å²) in [7, 11) is -2.13. The Labute approximate surface area is 216 Å². The van der Waals surface area contributed by atoms with E-state index in [0.717, 1.165) is 34.2 Å². The lowest BCUT2D eigenvalue weighted by molar-refractivity contribution is 0.0979. The summed E-state index contributed by atoms with van der Waals surface area (Å²) in [4.78, 5) is 18.3. The molecule has 4 rings (SSSR count). The third-order valence-corrected chi connectivity index (χ3v) is 9.43. The van der Waals surface area contributed by atoms with Gasteiger partial charge < -0.3 is 14.0 Å². The molecule has 1 unspecified atom stereocenters. The van der Waals surface area contributed by atoms with Gasteiger partial charge in [-0.25, -0.2) is 8.42 Å². The smallest absolute Gasteiger partial charge is 0.279 e. The Balaban J connectivity index is 1.62. The van der Waals surface area contributed by atoms with E-state index in [1.807, 2.05) is 25.3 Å². The molecule has 0 saturated carbocycles. The van der Waals surface area contributed by atoms with Crippen LogP contribution >= 0.6 is 11.3 Å². The van der Waals surface area contributed by atoms with Crippen LogP contribution in [0.15, 0.2) is 46.3 Å². The van der Waals surface area contributed by atoms with Gasteiger partial charge in [0.25, 0.3) is 5.91 Å². The van der Waals surface area contributed by atoms with Gasteiger partial charge in [-0.15, -0.1) is 0 Å². The Hall–Kier alpha value is -2.37. The summed E-state index contributed by atoms with van der Waals surface area (Å²) in [5.41, 5.74) is 3.63. The summed E-state index contributed by atoms with van der Waals surface area (Å²) in [6, 6.07) is 10.1. The van der Waals surface area contributed by atoms with Crippen LogP contribution in [0.3, 0.4) is 0 Å². The summed E-state index contributed by atoms with van der Waals surface area (Å²) in [6.45, 7) is 8.74. The van der Waals surface area contributed by atoms with E-state index in [0.29, 0.717) is 43.3 Å². The van der Waals surface area contributed by atoms with Gasteiger partial charge in [-0.3, -0.25) is 4.79 Å². The molecule has 0 radical (unpaired) electrons. The second kappa shape index (κ2) is 11.4. The van der Waals surface area contributed by atoms with Crippen LogP contribution in [-0.2, 0) is 26.0 Å². The van der Waals surface area contributed by atoms with Crippen LogP contribution < -0.4 is 4.80 Å². The molecule has 1 saturated heterocycles. The highest BCUT2D eigenvalue weighted by atomic mass is 32.2. The number of carbonyl (C=O) groups excluding carboxylic acids is 1. The van der Waals surface area contributed by atoms with Gasteiger partial charge in [0.1, 0.15) is 0 Å². The molecule has 0 bridgehead atoms. The van der Waals surface area contributed by atoms with Crippen molar-refractivity contribution < 1.29 is 22.7 Å². The van der Waals surface area contributed by atoms with Crippen molar-refractivity contribution in [3.8, 4) is 0 Å². The number of aryl methyl sites for hydroxylation is 2. The van der Waals surface area contributed by atoms with Gasteiger partial charge in [-0.2, -0.15) is 9.30 Å². The number of rotatable bonds is 9. The monoisotopic (exact) mass is 531 g/mol. The Morgan fingerprint density at radius 3 is 2.58 bits per heavy atom. The highest BCUT2D eigenvalue weighted by Gasteiger charge is 2.26. The van der Waals surface area contributed by atoms with Crippen molar-refractivity contribution >= 4 is 37.5 Å². The second-order valence-electron chi connectivity index (χ2n) is 8.97. The molecule has 0 N–H and O–H groups in total. The van der Waals surface area contributed by atoms with Crippen LogP contribution in [0.25, 0.3) is 10.2 Å². The predicted molar refractivity (Wildman–Crippen MR) is 141 cm³/mol. The van der Waals surface area contributed by atoms with Crippen LogP contribution in [0.5, 0.6) is 0 Å². The van der Waals surface area contributed by atoms with Gasteiger partial charge in [0.15, 0.2) is 4.80 Å². The van der Waals surface area contributed by atoms with Gasteiger partial charge in [-0.1, -0.05) is 23.5 Å². The number of aromatic nitrogens is 1. The Kier molecular flexibility index (Phi) is 8.41. The number of hydrogen-bond donors (Lipinski definition) is 0. The number of nitrogens with zero attached hydrogens (tertiary/aromatic N) is 3. The minimum absolute atomic E-state index is 0.0765. The highest BCUT2D eigenvalue weighted by molar-refractivity contribution is 7.89. The molecule has 194 valence electrons. The van der Waals surface area contributed by atoms with E-state index >= 15 is 0 Å². The first-order chi connectivity index (χ1) is 17.2. The number of benzene rings is 2. The molecule has 1 aromatic heterocycles. The number of carbonyl (C=O) groups is 1. The maximum absolute atomic E-state index is 13.1. The molecule has 8 nitrogen and oxygen atoms in total. The van der Waals surface area contributed by atoms with Gasteiger partial charge in [-0.05, 0) is 69.0 Å². The molecular weight excluding hydrogens is 498 g/mol. The molecule has 36 heavy (non-hydrogen) atoms. The lowest BCUT2D eigenvalue weighted by atomic mass is 10.1. The van der Waals surface area contributed by atoms with E-state index in [1.165, 1.54) is 39.9 Å². The minimum Gasteiger partial charge on any atom is -0.380 e. The van der Waals surface area contributed by atoms with Crippen LogP contribution in [0.2, 0.25) is 0 Å². The summed E-state index contributed by atoms with van der Waals surface area (Å²) < 4.78 is 41.5. The Morgan fingerprint density at radius 2 is 1.92 bits per heavy atom. The Morgan fingerprint density at radius 1 is 1.19 bits per heavy atom. The molecular formula is C26H33N3O5S2. The number of likely N-dealkylation sites (N-methyl/N-ethyl adjacent to an activating group) is 1. The molecule has 1 aliphatic heterocycles. The van der Waals surface area contributed by atoms with E-state index in [9.17, 15) is 13.2 Å². The minimum atomic E-state index is -3.68. The predicted octanol–water partition coefficient (Wildman–Crippen LogP) is 3.90. The van der Waals surface area contributed by atoms with E-state index in [4.69, 9.17) is 9.47 Å². The molecule has 0 aliphatic carbocycles. The molecule has 2 aromatic carbocycles. The molecule has 1 aliphatic rings. The quantitative estimate of drug-likeness (QED) is 0.391. The van der Waals surface area contributed by atoms with Crippen LogP contribution in [0.4, 0.5) is 0 Å². The number of hydrogen-bond acceptors (Lipinski definition) is 6. The molecule has 3 aromatic rings. The van der Waals surface area contributed by atoms with Crippen LogP contribution in [0.1, 0.15) is 41.3 Å². The number of ether oxygens (including phenoxy) is 2. The van der Waals surface area contributed by atoms with Crippen LogP contribution in [-0.4, -0.2) is 62.7 Å². The highest BCUT2D eigenvalue weighted by Crippen LogP contribution is 2.25. The van der Waals surface area contributed by atoms with Crippen molar-refractivity contribution in [3.63, 3.8) is 0 Å². The number of fused-ring (bicyclic) bond motifs is 1. The standard InChI is InChI=1S/C26H33N3O5S2/c1-5-33-16-14-29-23-18(2)8-9-19(3)24(23)35-26(29)27-25(30)20-10-12-22(13-11-20)36(31,32)28(4)17-21-7-6-15-34-21/h8-13,21H,5-7,14-17H2,1-4H3.